The smallest absolute Gasteiger partial charge is 0.127 e. The zero-order chi connectivity index (χ0) is 15.2. The Morgan fingerprint density at radius 2 is 1.81 bits per heavy atom. The standard InChI is InChI=1S/C16H19ClN2O2/c1-4-18-16(15-11(17)7-6-10-19-15)14-12(20-2)8-5-9-13(14)21-3/h5-10,16,18H,4H2,1-3H3. The van der Waals surface area contributed by atoms with Crippen molar-refractivity contribution in [2.24, 2.45) is 0 Å². The fraction of sp³-hybridized carbons (Fsp3) is 0.312. The number of nitrogens with zero attached hydrogens (tertiary/aromatic N) is 1. The summed E-state index contributed by atoms with van der Waals surface area (Å²) in [6.45, 7) is 2.80. The Bertz CT molecular complexity index is 582. The van der Waals surface area contributed by atoms with Crippen LogP contribution in [0.15, 0.2) is 36.5 Å². The number of pyridine rings is 1. The Labute approximate surface area is 130 Å². The molecule has 0 fully saturated rings. The first-order valence-electron chi connectivity index (χ1n) is 6.77. The molecule has 1 atom stereocenters. The molecule has 0 spiro atoms. The van der Waals surface area contributed by atoms with Crippen molar-refractivity contribution < 1.29 is 9.47 Å². The molecule has 5 heteroatoms. The Hall–Kier alpha value is -1.78. The van der Waals surface area contributed by atoms with Crippen molar-refractivity contribution in [3.05, 3.63) is 52.8 Å². The fourth-order valence-electron chi connectivity index (χ4n) is 2.31. The van der Waals surface area contributed by atoms with Crippen molar-refractivity contribution in [1.82, 2.24) is 10.3 Å². The summed E-state index contributed by atoms with van der Waals surface area (Å²) >= 11 is 6.31. The summed E-state index contributed by atoms with van der Waals surface area (Å²) in [5, 5.41) is 4.01. The first-order valence-corrected chi connectivity index (χ1v) is 7.15. The average molecular weight is 307 g/mol. The first kappa shape index (κ1) is 15.6. The van der Waals surface area contributed by atoms with Crippen molar-refractivity contribution in [3.8, 4) is 11.5 Å². The van der Waals surface area contributed by atoms with Crippen LogP contribution >= 0.6 is 11.6 Å². The van der Waals surface area contributed by atoms with E-state index in [1.807, 2.05) is 37.3 Å². The third kappa shape index (κ3) is 3.28. The van der Waals surface area contributed by atoms with Gasteiger partial charge in [0, 0.05) is 6.20 Å². The number of ether oxygens (including phenoxy) is 2. The highest BCUT2D eigenvalue weighted by atomic mass is 35.5. The second-order valence-corrected chi connectivity index (χ2v) is 4.84. The van der Waals surface area contributed by atoms with Crippen LogP contribution in [0.5, 0.6) is 11.5 Å². The minimum Gasteiger partial charge on any atom is -0.496 e. The Morgan fingerprint density at radius 3 is 2.33 bits per heavy atom. The molecule has 0 radical (unpaired) electrons. The minimum absolute atomic E-state index is 0.199. The van der Waals surface area contributed by atoms with Crippen LogP contribution in [0, 0.1) is 0 Å². The summed E-state index contributed by atoms with van der Waals surface area (Å²) in [6, 6.07) is 9.14. The molecule has 2 aromatic rings. The van der Waals surface area contributed by atoms with Gasteiger partial charge in [-0.05, 0) is 30.8 Å². The van der Waals surface area contributed by atoms with Gasteiger partial charge in [0.1, 0.15) is 11.5 Å². The van der Waals surface area contributed by atoms with Gasteiger partial charge in [0.2, 0.25) is 0 Å². The zero-order valence-electron chi connectivity index (χ0n) is 12.4. The molecule has 4 nitrogen and oxygen atoms in total. The zero-order valence-corrected chi connectivity index (χ0v) is 13.1. The molecule has 21 heavy (non-hydrogen) atoms. The second-order valence-electron chi connectivity index (χ2n) is 4.44. The number of aromatic nitrogens is 1. The van der Waals surface area contributed by atoms with Crippen molar-refractivity contribution >= 4 is 11.6 Å². The maximum absolute atomic E-state index is 6.31. The summed E-state index contributed by atoms with van der Waals surface area (Å²) in [6.07, 6.45) is 1.73. The normalized spacial score (nSPS) is 12.0. The number of halogens is 1. The van der Waals surface area contributed by atoms with Crippen LogP contribution in [0.4, 0.5) is 0 Å². The molecule has 1 heterocycles. The monoisotopic (exact) mass is 306 g/mol. The highest BCUT2D eigenvalue weighted by Crippen LogP contribution is 2.38. The summed E-state index contributed by atoms with van der Waals surface area (Å²) in [4.78, 5) is 4.42. The highest BCUT2D eigenvalue weighted by Gasteiger charge is 2.24. The van der Waals surface area contributed by atoms with Crippen molar-refractivity contribution in [2.45, 2.75) is 13.0 Å². The van der Waals surface area contributed by atoms with E-state index in [9.17, 15) is 0 Å². The molecule has 1 aromatic heterocycles. The topological polar surface area (TPSA) is 43.4 Å². The van der Waals surface area contributed by atoms with Gasteiger partial charge in [0.15, 0.2) is 0 Å². The van der Waals surface area contributed by atoms with Gasteiger partial charge < -0.3 is 14.8 Å². The molecule has 2 rings (SSSR count). The summed E-state index contributed by atoms with van der Waals surface area (Å²) < 4.78 is 11.0. The van der Waals surface area contributed by atoms with E-state index in [2.05, 4.69) is 10.3 Å². The predicted molar refractivity (Wildman–Crippen MR) is 84.3 cm³/mol. The Morgan fingerprint density at radius 1 is 1.14 bits per heavy atom. The van der Waals surface area contributed by atoms with E-state index in [4.69, 9.17) is 21.1 Å². The fourth-order valence-corrected chi connectivity index (χ4v) is 2.54. The van der Waals surface area contributed by atoms with E-state index in [1.54, 1.807) is 20.4 Å². The van der Waals surface area contributed by atoms with Gasteiger partial charge in [-0.3, -0.25) is 4.98 Å². The maximum atomic E-state index is 6.31. The van der Waals surface area contributed by atoms with Crippen LogP contribution in [-0.4, -0.2) is 25.7 Å². The Kier molecular flexibility index (Phi) is 5.42. The van der Waals surface area contributed by atoms with E-state index < -0.39 is 0 Å². The van der Waals surface area contributed by atoms with Gasteiger partial charge in [-0.15, -0.1) is 0 Å². The quantitative estimate of drug-likeness (QED) is 0.887. The predicted octanol–water partition coefficient (Wildman–Crippen LogP) is 3.45. The van der Waals surface area contributed by atoms with Crippen LogP contribution in [0.25, 0.3) is 0 Å². The van der Waals surface area contributed by atoms with Gasteiger partial charge >= 0.3 is 0 Å². The van der Waals surface area contributed by atoms with E-state index in [-0.39, 0.29) is 6.04 Å². The number of hydrogen-bond acceptors (Lipinski definition) is 4. The van der Waals surface area contributed by atoms with Crippen molar-refractivity contribution in [2.75, 3.05) is 20.8 Å². The number of methoxy groups -OCH3 is 2. The minimum atomic E-state index is -0.199. The molecule has 0 aliphatic rings. The molecule has 1 N–H and O–H groups in total. The maximum Gasteiger partial charge on any atom is 0.127 e. The van der Waals surface area contributed by atoms with Crippen LogP contribution < -0.4 is 14.8 Å². The van der Waals surface area contributed by atoms with Crippen molar-refractivity contribution in [1.29, 1.82) is 0 Å². The summed E-state index contributed by atoms with van der Waals surface area (Å²) in [5.41, 5.74) is 1.65. The number of rotatable bonds is 6. The van der Waals surface area contributed by atoms with E-state index in [0.717, 1.165) is 29.3 Å². The lowest BCUT2D eigenvalue weighted by atomic mass is 10.0. The lowest BCUT2D eigenvalue weighted by Gasteiger charge is -2.23. The molecule has 0 aliphatic heterocycles. The van der Waals surface area contributed by atoms with Crippen LogP contribution in [0.1, 0.15) is 24.2 Å². The molecule has 112 valence electrons. The van der Waals surface area contributed by atoms with Gasteiger partial charge in [0.05, 0.1) is 36.5 Å². The van der Waals surface area contributed by atoms with Crippen LogP contribution in [0.3, 0.4) is 0 Å². The SMILES string of the molecule is CCNC(c1ncccc1Cl)c1c(OC)cccc1OC. The Balaban J connectivity index is 2.61. The molecule has 0 saturated heterocycles. The highest BCUT2D eigenvalue weighted by molar-refractivity contribution is 6.31. The lowest BCUT2D eigenvalue weighted by Crippen LogP contribution is -2.24. The summed E-state index contributed by atoms with van der Waals surface area (Å²) in [7, 11) is 3.28. The van der Waals surface area contributed by atoms with Crippen molar-refractivity contribution in [3.63, 3.8) is 0 Å². The molecule has 1 unspecified atom stereocenters. The average Bonchev–Trinajstić information content (AvgIpc) is 2.52. The van der Waals surface area contributed by atoms with Gasteiger partial charge in [0.25, 0.3) is 0 Å². The number of hydrogen-bond donors (Lipinski definition) is 1. The number of nitrogens with one attached hydrogen (secondary N) is 1. The van der Waals surface area contributed by atoms with Gasteiger partial charge in [-0.1, -0.05) is 24.6 Å². The van der Waals surface area contributed by atoms with E-state index in [1.165, 1.54) is 0 Å². The number of benzene rings is 1. The third-order valence-electron chi connectivity index (χ3n) is 3.22. The molecule has 0 bridgehead atoms. The molecule has 0 saturated carbocycles. The second kappa shape index (κ2) is 7.29. The van der Waals surface area contributed by atoms with Crippen LogP contribution in [-0.2, 0) is 0 Å². The molecule has 0 aliphatic carbocycles. The molecule has 0 amide bonds. The van der Waals surface area contributed by atoms with E-state index >= 15 is 0 Å². The van der Waals surface area contributed by atoms with Crippen LogP contribution in [0.2, 0.25) is 5.02 Å². The van der Waals surface area contributed by atoms with E-state index in [0.29, 0.717) is 5.02 Å². The third-order valence-corrected chi connectivity index (χ3v) is 3.54. The lowest BCUT2D eigenvalue weighted by molar-refractivity contribution is 0.376. The molecular formula is C16H19ClN2O2. The molecule has 1 aromatic carbocycles. The van der Waals surface area contributed by atoms with Gasteiger partial charge in [-0.25, -0.2) is 0 Å². The van der Waals surface area contributed by atoms with Gasteiger partial charge in [-0.2, -0.15) is 0 Å². The molecular weight excluding hydrogens is 288 g/mol. The largest absolute Gasteiger partial charge is 0.496 e. The first-order chi connectivity index (χ1) is 10.2. The summed E-state index contributed by atoms with van der Waals surface area (Å²) in [5.74, 6) is 1.48.